The van der Waals surface area contributed by atoms with Gasteiger partial charge in [0.05, 0.1) is 12.8 Å². The van der Waals surface area contributed by atoms with Crippen molar-refractivity contribution in [3.8, 4) is 5.88 Å². The molecule has 2 aromatic heterocycles. The van der Waals surface area contributed by atoms with E-state index in [0.717, 1.165) is 29.9 Å². The SMILES string of the molecule is C=N/C(=N\C=C/C)c1ncc2c(n1)CCN(c1cc(Cl)nc(OC)c1)C2. The van der Waals surface area contributed by atoms with E-state index in [0.29, 0.717) is 29.2 Å². The van der Waals surface area contributed by atoms with Crippen molar-refractivity contribution in [1.82, 2.24) is 15.0 Å². The Balaban J connectivity index is 1.86. The average Bonchev–Trinajstić information content (AvgIpc) is 2.67. The van der Waals surface area contributed by atoms with Crippen molar-refractivity contribution in [2.45, 2.75) is 19.9 Å². The number of aliphatic imine (C=N–C) groups is 2. The maximum Gasteiger partial charge on any atom is 0.216 e. The van der Waals surface area contributed by atoms with Crippen LogP contribution in [0.25, 0.3) is 0 Å². The summed E-state index contributed by atoms with van der Waals surface area (Å²) >= 11 is 6.08. The predicted octanol–water partition coefficient (Wildman–Crippen LogP) is 3.08. The quantitative estimate of drug-likeness (QED) is 0.469. The Kier molecular flexibility index (Phi) is 5.58. The van der Waals surface area contributed by atoms with Gasteiger partial charge >= 0.3 is 0 Å². The number of anilines is 1. The van der Waals surface area contributed by atoms with Crippen LogP contribution in [0.15, 0.2) is 40.6 Å². The van der Waals surface area contributed by atoms with Gasteiger partial charge in [0.1, 0.15) is 5.15 Å². The fourth-order valence-electron chi connectivity index (χ4n) is 2.71. The number of aromatic nitrogens is 3. The van der Waals surface area contributed by atoms with Crippen LogP contribution in [0.1, 0.15) is 24.0 Å². The number of allylic oxidation sites excluding steroid dienone is 1. The molecule has 8 heteroatoms. The van der Waals surface area contributed by atoms with E-state index in [-0.39, 0.29) is 0 Å². The van der Waals surface area contributed by atoms with Crippen LogP contribution in [0.2, 0.25) is 5.15 Å². The van der Waals surface area contributed by atoms with Gasteiger partial charge in [0.25, 0.3) is 0 Å². The van der Waals surface area contributed by atoms with Gasteiger partial charge in [0.2, 0.25) is 5.88 Å². The number of amidine groups is 1. The Bertz CT molecular complexity index is 880. The highest BCUT2D eigenvalue weighted by molar-refractivity contribution is 6.29. The number of halogens is 1. The van der Waals surface area contributed by atoms with Gasteiger partial charge in [-0.25, -0.2) is 24.9 Å². The molecule has 0 spiro atoms. The zero-order chi connectivity index (χ0) is 18.5. The fourth-order valence-corrected chi connectivity index (χ4v) is 2.90. The van der Waals surface area contributed by atoms with Crippen molar-refractivity contribution in [3.63, 3.8) is 0 Å². The molecule has 7 nitrogen and oxygen atoms in total. The average molecular weight is 371 g/mol. The Morgan fingerprint density at radius 3 is 2.96 bits per heavy atom. The number of pyridine rings is 1. The number of ether oxygens (including phenoxy) is 1. The number of nitrogens with zero attached hydrogens (tertiary/aromatic N) is 6. The van der Waals surface area contributed by atoms with Gasteiger partial charge in [0.15, 0.2) is 11.7 Å². The summed E-state index contributed by atoms with van der Waals surface area (Å²) in [6.45, 7) is 6.91. The topological polar surface area (TPSA) is 75.9 Å². The van der Waals surface area contributed by atoms with Crippen LogP contribution in [0.5, 0.6) is 5.88 Å². The highest BCUT2D eigenvalue weighted by Crippen LogP contribution is 2.28. The van der Waals surface area contributed by atoms with Gasteiger partial charge in [0, 0.05) is 49.2 Å². The number of methoxy groups -OCH3 is 1. The van der Waals surface area contributed by atoms with Crippen LogP contribution < -0.4 is 9.64 Å². The van der Waals surface area contributed by atoms with Gasteiger partial charge in [-0.3, -0.25) is 0 Å². The molecule has 134 valence electrons. The number of hydrogen-bond acceptors (Lipinski definition) is 6. The van der Waals surface area contributed by atoms with E-state index in [1.54, 1.807) is 13.3 Å². The summed E-state index contributed by atoms with van der Waals surface area (Å²) in [4.78, 5) is 23.4. The van der Waals surface area contributed by atoms with Crippen LogP contribution in [0, 0.1) is 0 Å². The second-order valence-electron chi connectivity index (χ2n) is 5.62. The van der Waals surface area contributed by atoms with Crippen LogP contribution in [-0.4, -0.2) is 41.2 Å². The number of fused-ring (bicyclic) bond motifs is 1. The van der Waals surface area contributed by atoms with Crippen LogP contribution in [0.4, 0.5) is 5.69 Å². The van der Waals surface area contributed by atoms with Gasteiger partial charge in [-0.2, -0.15) is 0 Å². The van der Waals surface area contributed by atoms with Crippen molar-refractivity contribution >= 4 is 29.8 Å². The highest BCUT2D eigenvalue weighted by atomic mass is 35.5. The smallest absolute Gasteiger partial charge is 0.216 e. The predicted molar refractivity (Wildman–Crippen MR) is 103 cm³/mol. The first-order valence-electron chi connectivity index (χ1n) is 8.12. The third-order valence-corrected chi connectivity index (χ3v) is 4.15. The molecule has 3 heterocycles. The summed E-state index contributed by atoms with van der Waals surface area (Å²) in [5.41, 5.74) is 3.01. The van der Waals surface area contributed by atoms with Crippen molar-refractivity contribution in [3.05, 3.63) is 52.8 Å². The highest BCUT2D eigenvalue weighted by Gasteiger charge is 2.20. The molecule has 3 rings (SSSR count). The Hall–Kier alpha value is -2.80. The van der Waals surface area contributed by atoms with Crippen LogP contribution >= 0.6 is 11.6 Å². The zero-order valence-corrected chi connectivity index (χ0v) is 15.4. The largest absolute Gasteiger partial charge is 0.481 e. The number of hydrogen-bond donors (Lipinski definition) is 0. The van der Waals surface area contributed by atoms with Crippen LogP contribution in [0.3, 0.4) is 0 Å². The second kappa shape index (κ2) is 8.05. The van der Waals surface area contributed by atoms with Crippen molar-refractivity contribution < 1.29 is 4.74 Å². The third-order valence-electron chi connectivity index (χ3n) is 3.96. The third kappa shape index (κ3) is 3.88. The molecule has 0 unspecified atom stereocenters. The molecule has 1 aliphatic rings. The zero-order valence-electron chi connectivity index (χ0n) is 14.7. The summed E-state index contributed by atoms with van der Waals surface area (Å²) < 4.78 is 5.20. The molecular weight excluding hydrogens is 352 g/mol. The molecule has 0 atom stereocenters. The Morgan fingerprint density at radius 2 is 2.23 bits per heavy atom. The standard InChI is InChI=1S/C18H19ClN6O/c1-4-6-21-17(20-2)18-22-10-12-11-25(7-5-14(12)23-18)13-8-15(19)24-16(9-13)26-3/h4,6,8-10H,2,5,7,11H2,1,3H3/b6-4-,21-17-. The first-order valence-corrected chi connectivity index (χ1v) is 8.49. The normalized spacial score (nSPS) is 14.4. The van der Waals surface area contributed by atoms with E-state index in [4.69, 9.17) is 16.3 Å². The summed E-state index contributed by atoms with van der Waals surface area (Å²) in [5.74, 6) is 1.39. The van der Waals surface area contributed by atoms with Crippen molar-refractivity contribution in [2.24, 2.45) is 9.98 Å². The lowest BCUT2D eigenvalue weighted by Gasteiger charge is -2.30. The summed E-state index contributed by atoms with van der Waals surface area (Å²) in [6.07, 6.45) is 6.06. The van der Waals surface area contributed by atoms with Gasteiger partial charge in [-0.05, 0) is 19.7 Å². The van der Waals surface area contributed by atoms with Crippen molar-refractivity contribution in [2.75, 3.05) is 18.6 Å². The Labute approximate surface area is 157 Å². The Morgan fingerprint density at radius 1 is 1.38 bits per heavy atom. The molecule has 2 aromatic rings. The monoisotopic (exact) mass is 370 g/mol. The fraction of sp³-hybridized carbons (Fsp3) is 0.278. The molecule has 0 N–H and O–H groups in total. The summed E-state index contributed by atoms with van der Waals surface area (Å²) in [6, 6.07) is 3.70. The first kappa shape index (κ1) is 18.0. The molecular formula is C18H19ClN6O. The van der Waals surface area contributed by atoms with E-state index < -0.39 is 0 Å². The maximum atomic E-state index is 6.08. The van der Waals surface area contributed by atoms with E-state index in [9.17, 15) is 0 Å². The van der Waals surface area contributed by atoms with Gasteiger partial charge in [-0.1, -0.05) is 17.7 Å². The van der Waals surface area contributed by atoms with E-state index >= 15 is 0 Å². The molecule has 1 aliphatic heterocycles. The molecule has 0 aromatic carbocycles. The lowest BCUT2D eigenvalue weighted by Crippen LogP contribution is -2.31. The molecule has 0 amide bonds. The minimum Gasteiger partial charge on any atom is -0.481 e. The van der Waals surface area contributed by atoms with E-state index in [1.807, 2.05) is 31.3 Å². The van der Waals surface area contributed by atoms with E-state index in [2.05, 4.69) is 36.6 Å². The molecule has 0 saturated heterocycles. The molecule has 0 saturated carbocycles. The summed E-state index contributed by atoms with van der Waals surface area (Å²) in [7, 11) is 1.57. The van der Waals surface area contributed by atoms with E-state index in [1.165, 1.54) is 0 Å². The van der Waals surface area contributed by atoms with Gasteiger partial charge in [-0.15, -0.1) is 0 Å². The van der Waals surface area contributed by atoms with Crippen molar-refractivity contribution in [1.29, 1.82) is 0 Å². The minimum absolute atomic E-state index is 0.402. The lowest BCUT2D eigenvalue weighted by molar-refractivity contribution is 0.398. The van der Waals surface area contributed by atoms with Gasteiger partial charge < -0.3 is 9.64 Å². The molecule has 0 aliphatic carbocycles. The maximum absolute atomic E-state index is 6.08. The molecule has 26 heavy (non-hydrogen) atoms. The number of rotatable bonds is 4. The minimum atomic E-state index is 0.402. The second-order valence-corrected chi connectivity index (χ2v) is 6.01. The molecule has 0 bridgehead atoms. The molecule has 0 radical (unpaired) electrons. The van der Waals surface area contributed by atoms with Crippen LogP contribution in [-0.2, 0) is 13.0 Å². The summed E-state index contributed by atoms with van der Waals surface area (Å²) in [5, 5.41) is 0.402. The molecule has 0 fully saturated rings. The first-order chi connectivity index (χ1) is 12.6. The lowest BCUT2D eigenvalue weighted by atomic mass is 10.1.